The lowest BCUT2D eigenvalue weighted by Crippen LogP contribution is -2.53. The molecule has 0 amide bonds. The van der Waals surface area contributed by atoms with Gasteiger partial charge in [0, 0.05) is 35.2 Å². The molecule has 0 radical (unpaired) electrons. The van der Waals surface area contributed by atoms with Gasteiger partial charge in [0.1, 0.15) is 5.75 Å². The van der Waals surface area contributed by atoms with E-state index in [-0.39, 0.29) is 0 Å². The number of nitrogens with one attached hydrogen (secondary N) is 1. The third kappa shape index (κ3) is 4.52. The second kappa shape index (κ2) is 8.28. The maximum Gasteiger partial charge on any atom is 0.122 e. The van der Waals surface area contributed by atoms with Gasteiger partial charge in [0.15, 0.2) is 0 Å². The molecule has 1 aliphatic rings. The van der Waals surface area contributed by atoms with Crippen LogP contribution >= 0.6 is 23.4 Å². The first kappa shape index (κ1) is 16.9. The normalized spacial score (nSPS) is 21.2. The molecule has 1 heterocycles. The molecule has 21 heavy (non-hydrogen) atoms. The summed E-state index contributed by atoms with van der Waals surface area (Å²) < 4.78 is 5.49. The number of halogens is 1. The molecule has 2 rings (SSSR count). The van der Waals surface area contributed by atoms with E-state index in [4.69, 9.17) is 16.3 Å². The van der Waals surface area contributed by atoms with Crippen molar-refractivity contribution in [3.63, 3.8) is 0 Å². The van der Waals surface area contributed by atoms with Crippen LogP contribution < -0.4 is 10.1 Å². The quantitative estimate of drug-likeness (QED) is 0.868. The highest BCUT2D eigenvalue weighted by Gasteiger charge is 2.28. The van der Waals surface area contributed by atoms with E-state index < -0.39 is 0 Å². The van der Waals surface area contributed by atoms with Gasteiger partial charge in [-0.2, -0.15) is 11.8 Å². The fourth-order valence-corrected chi connectivity index (χ4v) is 4.39. The monoisotopic (exact) mass is 328 g/mol. The molecule has 118 valence electrons. The van der Waals surface area contributed by atoms with Gasteiger partial charge in [-0.3, -0.25) is 0 Å². The van der Waals surface area contributed by atoms with E-state index in [1.807, 2.05) is 30.0 Å². The molecular weight excluding hydrogens is 304 g/mol. The zero-order valence-electron chi connectivity index (χ0n) is 13.1. The summed E-state index contributed by atoms with van der Waals surface area (Å²) in [5.74, 6) is 3.33. The smallest absolute Gasteiger partial charge is 0.122 e. The first-order chi connectivity index (χ1) is 10.2. The zero-order valence-corrected chi connectivity index (χ0v) is 14.6. The summed E-state index contributed by atoms with van der Waals surface area (Å²) >= 11 is 8.20. The summed E-state index contributed by atoms with van der Waals surface area (Å²) in [7, 11) is 3.95. The highest BCUT2D eigenvalue weighted by atomic mass is 35.5. The molecule has 1 N–H and O–H groups in total. The molecule has 3 nitrogen and oxygen atoms in total. The Morgan fingerprint density at radius 3 is 3.00 bits per heavy atom. The van der Waals surface area contributed by atoms with Crippen LogP contribution in [0.3, 0.4) is 0 Å². The van der Waals surface area contributed by atoms with Crippen LogP contribution in [0.5, 0.6) is 5.75 Å². The Morgan fingerprint density at radius 1 is 1.52 bits per heavy atom. The van der Waals surface area contributed by atoms with Gasteiger partial charge in [-0.25, -0.2) is 0 Å². The SMILES string of the molecule is CCNC(Cc1cc(Cl)ccc1OC)C1CSCCN1C. The largest absolute Gasteiger partial charge is 0.496 e. The van der Waals surface area contributed by atoms with E-state index in [1.165, 1.54) is 17.1 Å². The minimum atomic E-state index is 0.417. The number of thioether (sulfide) groups is 1. The molecule has 1 aromatic carbocycles. The highest BCUT2D eigenvalue weighted by Crippen LogP contribution is 2.26. The van der Waals surface area contributed by atoms with E-state index in [1.54, 1.807) is 7.11 Å². The van der Waals surface area contributed by atoms with E-state index in [2.05, 4.69) is 24.2 Å². The minimum Gasteiger partial charge on any atom is -0.496 e. The molecule has 1 aliphatic heterocycles. The number of nitrogens with zero attached hydrogens (tertiary/aromatic N) is 1. The van der Waals surface area contributed by atoms with Crippen LogP contribution in [0.25, 0.3) is 0 Å². The second-order valence-electron chi connectivity index (χ2n) is 5.45. The van der Waals surface area contributed by atoms with Crippen molar-refractivity contribution in [3.8, 4) is 5.75 Å². The Kier molecular flexibility index (Phi) is 6.68. The van der Waals surface area contributed by atoms with Gasteiger partial charge < -0.3 is 15.0 Å². The average Bonchev–Trinajstić information content (AvgIpc) is 2.48. The molecule has 1 fully saturated rings. The molecule has 0 spiro atoms. The predicted octanol–water partition coefficient (Wildman–Crippen LogP) is 2.92. The van der Waals surface area contributed by atoms with Crippen molar-refractivity contribution in [2.45, 2.75) is 25.4 Å². The van der Waals surface area contributed by atoms with Gasteiger partial charge in [0.05, 0.1) is 7.11 Å². The molecule has 0 bridgehead atoms. The Bertz CT molecular complexity index is 458. The topological polar surface area (TPSA) is 24.5 Å². The van der Waals surface area contributed by atoms with Crippen molar-refractivity contribution in [3.05, 3.63) is 28.8 Å². The van der Waals surface area contributed by atoms with Crippen molar-refractivity contribution in [2.75, 3.05) is 38.8 Å². The van der Waals surface area contributed by atoms with Crippen LogP contribution in [-0.4, -0.2) is 55.7 Å². The average molecular weight is 329 g/mol. The summed E-state index contributed by atoms with van der Waals surface area (Å²) in [6.45, 7) is 4.30. The van der Waals surface area contributed by atoms with Gasteiger partial charge >= 0.3 is 0 Å². The standard InChI is InChI=1S/C16H25ClN2OS/c1-4-18-14(15-11-21-8-7-19(15)2)10-12-9-13(17)5-6-16(12)20-3/h5-6,9,14-15,18H,4,7-8,10-11H2,1-3H3. The van der Waals surface area contributed by atoms with Gasteiger partial charge in [-0.05, 0) is 43.8 Å². The van der Waals surface area contributed by atoms with Crippen molar-refractivity contribution >= 4 is 23.4 Å². The van der Waals surface area contributed by atoms with E-state index in [9.17, 15) is 0 Å². The maximum atomic E-state index is 6.16. The molecule has 0 aromatic heterocycles. The van der Waals surface area contributed by atoms with Gasteiger partial charge in [0.25, 0.3) is 0 Å². The van der Waals surface area contributed by atoms with Gasteiger partial charge in [-0.1, -0.05) is 18.5 Å². The van der Waals surface area contributed by atoms with Crippen molar-refractivity contribution in [1.29, 1.82) is 0 Å². The Balaban J connectivity index is 2.17. The van der Waals surface area contributed by atoms with Crippen LogP contribution in [0.15, 0.2) is 18.2 Å². The Labute approximate surface area is 137 Å². The third-order valence-corrected chi connectivity index (χ3v) is 5.34. The maximum absolute atomic E-state index is 6.16. The number of rotatable bonds is 6. The zero-order chi connectivity index (χ0) is 15.2. The molecule has 0 saturated carbocycles. The van der Waals surface area contributed by atoms with Crippen molar-refractivity contribution < 1.29 is 4.74 Å². The number of hydrogen-bond acceptors (Lipinski definition) is 4. The lowest BCUT2D eigenvalue weighted by atomic mass is 9.98. The number of likely N-dealkylation sites (N-methyl/N-ethyl adjacent to an activating group) is 2. The molecule has 1 saturated heterocycles. The molecule has 2 unspecified atom stereocenters. The van der Waals surface area contributed by atoms with Gasteiger partial charge in [0.2, 0.25) is 0 Å². The summed E-state index contributed by atoms with van der Waals surface area (Å²) in [4.78, 5) is 2.47. The molecular formula is C16H25ClN2OS. The highest BCUT2D eigenvalue weighted by molar-refractivity contribution is 7.99. The van der Waals surface area contributed by atoms with Crippen molar-refractivity contribution in [1.82, 2.24) is 10.2 Å². The fraction of sp³-hybridized carbons (Fsp3) is 0.625. The number of methoxy groups -OCH3 is 1. The van der Waals surface area contributed by atoms with Crippen LogP contribution in [0.1, 0.15) is 12.5 Å². The van der Waals surface area contributed by atoms with Crippen LogP contribution in [0.4, 0.5) is 0 Å². The molecule has 1 aromatic rings. The van der Waals surface area contributed by atoms with Crippen molar-refractivity contribution in [2.24, 2.45) is 0 Å². The summed E-state index contributed by atoms with van der Waals surface area (Å²) in [5, 5.41) is 4.42. The third-order valence-electron chi connectivity index (χ3n) is 4.06. The lowest BCUT2D eigenvalue weighted by Gasteiger charge is -2.38. The molecule has 2 atom stereocenters. The minimum absolute atomic E-state index is 0.417. The lowest BCUT2D eigenvalue weighted by molar-refractivity contribution is 0.214. The van der Waals surface area contributed by atoms with E-state index >= 15 is 0 Å². The second-order valence-corrected chi connectivity index (χ2v) is 7.03. The molecule has 0 aliphatic carbocycles. The van der Waals surface area contributed by atoms with Crippen LogP contribution in [0, 0.1) is 0 Å². The van der Waals surface area contributed by atoms with E-state index in [0.29, 0.717) is 12.1 Å². The Morgan fingerprint density at radius 2 is 2.33 bits per heavy atom. The molecule has 5 heteroatoms. The predicted molar refractivity (Wildman–Crippen MR) is 92.9 cm³/mol. The number of benzene rings is 1. The summed E-state index contributed by atoms with van der Waals surface area (Å²) in [6, 6.07) is 6.84. The fourth-order valence-electron chi connectivity index (χ4n) is 2.88. The van der Waals surface area contributed by atoms with E-state index in [0.717, 1.165) is 30.3 Å². The number of hydrogen-bond donors (Lipinski definition) is 1. The Hall–Kier alpha value is -0.420. The van der Waals surface area contributed by atoms with Gasteiger partial charge in [-0.15, -0.1) is 0 Å². The van der Waals surface area contributed by atoms with Crippen LogP contribution in [0.2, 0.25) is 5.02 Å². The summed E-state index contributed by atoms with van der Waals surface area (Å²) in [5.41, 5.74) is 1.18. The first-order valence-corrected chi connectivity index (χ1v) is 9.02. The number of ether oxygens (including phenoxy) is 1. The van der Waals surface area contributed by atoms with Crippen LogP contribution in [-0.2, 0) is 6.42 Å². The summed E-state index contributed by atoms with van der Waals surface area (Å²) in [6.07, 6.45) is 0.938. The first-order valence-electron chi connectivity index (χ1n) is 7.49.